The molecular formula is C8H9KO2. The number of benzene rings is 1. The number of hydrogen-bond acceptors (Lipinski definition) is 2. The minimum absolute atomic E-state index is 0. The zero-order valence-electron chi connectivity index (χ0n) is 5.40. The van der Waals surface area contributed by atoms with Gasteiger partial charge in [0, 0.05) is 0 Å². The molecule has 0 heterocycles. The molecule has 0 amide bonds. The summed E-state index contributed by atoms with van der Waals surface area (Å²) in [4.78, 5) is 10.1. The zero-order chi connectivity index (χ0) is 7.40. The molecule has 54 valence electrons. The van der Waals surface area contributed by atoms with Gasteiger partial charge in [0.2, 0.25) is 0 Å². The van der Waals surface area contributed by atoms with E-state index in [9.17, 15) is 4.79 Å². The predicted molar refractivity (Wildman–Crippen MR) is 44.6 cm³/mol. The molecule has 2 nitrogen and oxygen atoms in total. The van der Waals surface area contributed by atoms with E-state index in [4.69, 9.17) is 5.11 Å². The summed E-state index contributed by atoms with van der Waals surface area (Å²) in [6.45, 7) is 0. The topological polar surface area (TPSA) is 37.3 Å². The summed E-state index contributed by atoms with van der Waals surface area (Å²) in [6, 6.07) is 8.81. The van der Waals surface area contributed by atoms with Crippen LogP contribution in [0.5, 0.6) is 0 Å². The quantitative estimate of drug-likeness (QED) is 0.519. The van der Waals surface area contributed by atoms with Gasteiger partial charge in [0.05, 0.1) is 0 Å². The average molecular weight is 176 g/mol. The van der Waals surface area contributed by atoms with Gasteiger partial charge in [-0.2, -0.15) is 0 Å². The third-order valence-electron chi connectivity index (χ3n) is 1.27. The molecule has 1 rings (SSSR count). The summed E-state index contributed by atoms with van der Waals surface area (Å²) in [5.41, 5.74) is 0.637. The fourth-order valence-corrected chi connectivity index (χ4v) is 0.729. The SMILES string of the molecule is O=CC(O)c1ccccc1.[KH]. The number of aldehydes is 1. The summed E-state index contributed by atoms with van der Waals surface area (Å²) in [5.74, 6) is 0. The monoisotopic (exact) mass is 176 g/mol. The molecule has 1 atom stereocenters. The van der Waals surface area contributed by atoms with E-state index >= 15 is 0 Å². The maximum atomic E-state index is 10.1. The average Bonchev–Trinajstić information content (AvgIpc) is 2.05. The molecule has 0 fully saturated rings. The Kier molecular flexibility index (Phi) is 6.32. The Hall–Kier alpha value is 0.486. The van der Waals surface area contributed by atoms with Gasteiger partial charge >= 0.3 is 51.4 Å². The van der Waals surface area contributed by atoms with E-state index < -0.39 is 6.10 Å². The number of aliphatic hydroxyl groups excluding tert-OH is 1. The zero-order valence-corrected chi connectivity index (χ0v) is 5.40. The van der Waals surface area contributed by atoms with Crippen molar-refractivity contribution in [2.24, 2.45) is 0 Å². The Morgan fingerprint density at radius 1 is 1.27 bits per heavy atom. The molecule has 0 saturated carbocycles. The Morgan fingerprint density at radius 3 is 2.27 bits per heavy atom. The van der Waals surface area contributed by atoms with Crippen LogP contribution in [0.1, 0.15) is 11.7 Å². The van der Waals surface area contributed by atoms with Crippen LogP contribution in [0.15, 0.2) is 30.3 Å². The van der Waals surface area contributed by atoms with E-state index in [1.807, 2.05) is 6.07 Å². The predicted octanol–water partition coefficient (Wildman–Crippen LogP) is 0.270. The van der Waals surface area contributed by atoms with E-state index in [1.54, 1.807) is 24.3 Å². The fourth-order valence-electron chi connectivity index (χ4n) is 0.729. The second kappa shape index (κ2) is 6.05. The van der Waals surface area contributed by atoms with Crippen LogP contribution in [0.4, 0.5) is 0 Å². The van der Waals surface area contributed by atoms with E-state index in [1.165, 1.54) is 0 Å². The molecule has 0 aromatic heterocycles. The number of carbonyl (C=O) groups is 1. The van der Waals surface area contributed by atoms with Crippen LogP contribution in [0.25, 0.3) is 0 Å². The standard InChI is InChI=1S/C8H8O2.K.H/c9-6-8(10)7-4-2-1-3-5-7;;/h1-6,8,10H;;. The van der Waals surface area contributed by atoms with E-state index in [0.717, 1.165) is 0 Å². The Bertz CT molecular complexity index is 211. The molecule has 0 spiro atoms. The first-order valence-electron chi connectivity index (χ1n) is 3.03. The van der Waals surface area contributed by atoms with Gasteiger partial charge in [0.1, 0.15) is 6.10 Å². The molecule has 0 aliphatic carbocycles. The molecule has 0 bridgehead atoms. The van der Waals surface area contributed by atoms with Crippen LogP contribution >= 0.6 is 0 Å². The molecule has 11 heavy (non-hydrogen) atoms. The maximum absolute atomic E-state index is 10.1. The van der Waals surface area contributed by atoms with Crippen LogP contribution in [-0.2, 0) is 4.79 Å². The van der Waals surface area contributed by atoms with Crippen molar-refractivity contribution in [3.05, 3.63) is 35.9 Å². The molecule has 1 N–H and O–H groups in total. The Morgan fingerprint density at radius 2 is 1.82 bits per heavy atom. The van der Waals surface area contributed by atoms with Gasteiger partial charge < -0.3 is 9.90 Å². The first kappa shape index (κ1) is 11.5. The van der Waals surface area contributed by atoms with Crippen molar-refractivity contribution in [2.75, 3.05) is 0 Å². The van der Waals surface area contributed by atoms with Gasteiger partial charge in [0.25, 0.3) is 0 Å². The van der Waals surface area contributed by atoms with Gasteiger partial charge in [-0.25, -0.2) is 0 Å². The number of hydrogen-bond donors (Lipinski definition) is 1. The molecule has 1 aromatic rings. The first-order chi connectivity index (χ1) is 4.84. The van der Waals surface area contributed by atoms with Crippen molar-refractivity contribution in [3.63, 3.8) is 0 Å². The fraction of sp³-hybridized carbons (Fsp3) is 0.125. The van der Waals surface area contributed by atoms with Crippen molar-refractivity contribution < 1.29 is 9.90 Å². The third kappa shape index (κ3) is 3.60. The van der Waals surface area contributed by atoms with E-state index in [-0.39, 0.29) is 51.4 Å². The van der Waals surface area contributed by atoms with Crippen molar-refractivity contribution in [2.45, 2.75) is 6.10 Å². The summed E-state index contributed by atoms with van der Waals surface area (Å²) in [7, 11) is 0. The molecule has 3 heteroatoms. The molecular weight excluding hydrogens is 167 g/mol. The Balaban J connectivity index is 0.000001000. The van der Waals surface area contributed by atoms with E-state index in [2.05, 4.69) is 0 Å². The number of carbonyl (C=O) groups excluding carboxylic acids is 1. The van der Waals surface area contributed by atoms with Gasteiger partial charge in [-0.05, 0) is 5.56 Å². The summed E-state index contributed by atoms with van der Waals surface area (Å²) >= 11 is 0. The summed E-state index contributed by atoms with van der Waals surface area (Å²) in [5, 5.41) is 8.96. The van der Waals surface area contributed by atoms with Crippen molar-refractivity contribution in [1.29, 1.82) is 0 Å². The molecule has 0 aliphatic rings. The molecule has 1 unspecified atom stereocenters. The van der Waals surface area contributed by atoms with E-state index in [0.29, 0.717) is 11.8 Å². The van der Waals surface area contributed by atoms with Crippen LogP contribution in [0, 0.1) is 0 Å². The molecule has 0 radical (unpaired) electrons. The molecule has 0 aliphatic heterocycles. The van der Waals surface area contributed by atoms with Crippen LogP contribution in [0.2, 0.25) is 0 Å². The van der Waals surface area contributed by atoms with Gasteiger partial charge in [0.15, 0.2) is 6.29 Å². The number of aliphatic hydroxyl groups is 1. The van der Waals surface area contributed by atoms with Gasteiger partial charge in [-0.3, -0.25) is 0 Å². The third-order valence-corrected chi connectivity index (χ3v) is 1.27. The summed E-state index contributed by atoms with van der Waals surface area (Å²) in [6.07, 6.45) is -0.462. The first-order valence-corrected chi connectivity index (χ1v) is 3.03. The summed E-state index contributed by atoms with van der Waals surface area (Å²) < 4.78 is 0. The minimum atomic E-state index is -0.971. The van der Waals surface area contributed by atoms with Crippen molar-refractivity contribution >= 4 is 57.7 Å². The second-order valence-electron chi connectivity index (χ2n) is 1.99. The van der Waals surface area contributed by atoms with Crippen LogP contribution in [0.3, 0.4) is 0 Å². The van der Waals surface area contributed by atoms with Gasteiger partial charge in [-0.1, -0.05) is 30.3 Å². The number of rotatable bonds is 2. The van der Waals surface area contributed by atoms with Gasteiger partial charge in [-0.15, -0.1) is 0 Å². The molecule has 0 saturated heterocycles. The Labute approximate surface area is 108 Å². The molecule has 1 aromatic carbocycles. The van der Waals surface area contributed by atoms with Crippen LogP contribution < -0.4 is 0 Å². The van der Waals surface area contributed by atoms with Crippen molar-refractivity contribution in [1.82, 2.24) is 0 Å². The van der Waals surface area contributed by atoms with Crippen LogP contribution in [-0.4, -0.2) is 62.8 Å². The van der Waals surface area contributed by atoms with Crippen molar-refractivity contribution in [3.8, 4) is 0 Å². The second-order valence-corrected chi connectivity index (χ2v) is 1.99. The normalized spacial score (nSPS) is 11.4.